The van der Waals surface area contributed by atoms with Crippen molar-refractivity contribution in [2.45, 2.75) is 25.9 Å². The largest absolute Gasteiger partial charge is 0.468 e. The van der Waals surface area contributed by atoms with Gasteiger partial charge in [-0.2, -0.15) is 0 Å². The van der Waals surface area contributed by atoms with E-state index in [1.165, 1.54) is 0 Å². The van der Waals surface area contributed by atoms with Gasteiger partial charge in [-0.3, -0.25) is 9.69 Å². The van der Waals surface area contributed by atoms with Crippen LogP contribution in [0.4, 0.5) is 0 Å². The van der Waals surface area contributed by atoms with Crippen LogP contribution < -0.4 is 5.32 Å². The number of amides is 1. The van der Waals surface area contributed by atoms with Crippen molar-refractivity contribution >= 4 is 16.9 Å². The number of carbonyl (C=O) groups excluding carboxylic acids is 1. The number of fused-ring (bicyclic) bond motifs is 1. The van der Waals surface area contributed by atoms with Crippen LogP contribution in [0.1, 0.15) is 24.2 Å². The van der Waals surface area contributed by atoms with E-state index in [-0.39, 0.29) is 11.8 Å². The summed E-state index contributed by atoms with van der Waals surface area (Å²) >= 11 is 0. The quantitative estimate of drug-likeness (QED) is 0.767. The van der Waals surface area contributed by atoms with Crippen molar-refractivity contribution in [2.24, 2.45) is 5.92 Å². The lowest BCUT2D eigenvalue weighted by Gasteiger charge is -2.31. The zero-order valence-electron chi connectivity index (χ0n) is 13.9. The molecule has 3 aromatic rings. The normalized spacial score (nSPS) is 18.5. The van der Waals surface area contributed by atoms with Gasteiger partial charge in [-0.25, -0.2) is 4.63 Å². The molecule has 7 nitrogen and oxygen atoms in total. The third-order valence-corrected chi connectivity index (χ3v) is 4.62. The first kappa shape index (κ1) is 15.8. The standard InChI is InChI=1S/C18H20N4O3/c23-18(19-10-13-5-6-16-17(9-13)21-25-20-16)14-3-1-7-22(11-14)12-15-4-2-8-24-15/h2,4-6,8-9,14H,1,3,7,10-12H2,(H,19,23). The topological polar surface area (TPSA) is 84.4 Å². The Bertz CT molecular complexity index is 843. The molecular formula is C18H20N4O3. The molecular weight excluding hydrogens is 320 g/mol. The van der Waals surface area contributed by atoms with Crippen LogP contribution in [0.5, 0.6) is 0 Å². The molecule has 7 heteroatoms. The summed E-state index contributed by atoms with van der Waals surface area (Å²) in [6.45, 7) is 3.00. The number of carbonyl (C=O) groups is 1. The van der Waals surface area contributed by atoms with Crippen molar-refractivity contribution in [3.63, 3.8) is 0 Å². The lowest BCUT2D eigenvalue weighted by atomic mass is 9.97. The first-order chi connectivity index (χ1) is 12.3. The second kappa shape index (κ2) is 7.06. The fourth-order valence-corrected chi connectivity index (χ4v) is 3.31. The van der Waals surface area contributed by atoms with Gasteiger partial charge in [0.15, 0.2) is 0 Å². The van der Waals surface area contributed by atoms with Crippen LogP contribution in [0, 0.1) is 5.92 Å². The second-order valence-corrected chi connectivity index (χ2v) is 6.46. The minimum Gasteiger partial charge on any atom is -0.468 e. The molecule has 2 aromatic heterocycles. The van der Waals surface area contributed by atoms with Crippen molar-refractivity contribution < 1.29 is 13.8 Å². The highest BCUT2D eigenvalue weighted by atomic mass is 16.6. The Balaban J connectivity index is 1.32. The van der Waals surface area contributed by atoms with Gasteiger partial charge in [0.2, 0.25) is 5.91 Å². The number of nitrogens with zero attached hydrogens (tertiary/aromatic N) is 3. The van der Waals surface area contributed by atoms with Crippen molar-refractivity contribution in [2.75, 3.05) is 13.1 Å². The highest BCUT2D eigenvalue weighted by Crippen LogP contribution is 2.19. The van der Waals surface area contributed by atoms with E-state index in [0.29, 0.717) is 12.1 Å². The highest BCUT2D eigenvalue weighted by molar-refractivity contribution is 5.79. The monoisotopic (exact) mass is 340 g/mol. The summed E-state index contributed by atoms with van der Waals surface area (Å²) in [5, 5.41) is 10.6. The number of piperidine rings is 1. The van der Waals surface area contributed by atoms with Gasteiger partial charge in [0.1, 0.15) is 16.8 Å². The van der Waals surface area contributed by atoms with E-state index in [0.717, 1.165) is 49.3 Å². The van der Waals surface area contributed by atoms with Gasteiger partial charge >= 0.3 is 0 Å². The van der Waals surface area contributed by atoms with Crippen LogP contribution in [0.3, 0.4) is 0 Å². The highest BCUT2D eigenvalue weighted by Gasteiger charge is 2.26. The van der Waals surface area contributed by atoms with Crippen molar-refractivity contribution in [3.8, 4) is 0 Å². The number of likely N-dealkylation sites (tertiary alicyclic amines) is 1. The summed E-state index contributed by atoms with van der Waals surface area (Å²) in [5.74, 6) is 1.05. The maximum Gasteiger partial charge on any atom is 0.224 e. The number of nitrogens with one attached hydrogen (secondary N) is 1. The molecule has 1 atom stereocenters. The number of rotatable bonds is 5. The molecule has 0 spiro atoms. The third-order valence-electron chi connectivity index (χ3n) is 4.62. The average molecular weight is 340 g/mol. The summed E-state index contributed by atoms with van der Waals surface area (Å²) in [6, 6.07) is 9.52. The SMILES string of the molecule is O=C(NCc1ccc2nonc2c1)C1CCCN(Cc2ccco2)C1. The zero-order valence-corrected chi connectivity index (χ0v) is 13.9. The maximum absolute atomic E-state index is 12.5. The van der Waals surface area contributed by atoms with Crippen molar-refractivity contribution in [1.82, 2.24) is 20.5 Å². The Labute approximate surface area is 144 Å². The molecule has 0 radical (unpaired) electrons. The van der Waals surface area contributed by atoms with Crippen LogP contribution in [0.15, 0.2) is 45.6 Å². The average Bonchev–Trinajstić information content (AvgIpc) is 3.31. The molecule has 1 aliphatic heterocycles. The fourth-order valence-electron chi connectivity index (χ4n) is 3.31. The fraction of sp³-hybridized carbons (Fsp3) is 0.389. The summed E-state index contributed by atoms with van der Waals surface area (Å²) < 4.78 is 10.1. The molecule has 1 amide bonds. The molecule has 3 heterocycles. The smallest absolute Gasteiger partial charge is 0.224 e. The number of hydrogen-bond acceptors (Lipinski definition) is 6. The van der Waals surface area contributed by atoms with Gasteiger partial charge in [0.25, 0.3) is 0 Å². The Morgan fingerprint density at radius 3 is 3.08 bits per heavy atom. The van der Waals surface area contributed by atoms with Gasteiger partial charge in [-0.05, 0) is 59.5 Å². The van der Waals surface area contributed by atoms with Crippen molar-refractivity contribution in [3.05, 3.63) is 47.9 Å². The van der Waals surface area contributed by atoms with E-state index in [9.17, 15) is 4.79 Å². The van der Waals surface area contributed by atoms with Gasteiger partial charge in [-0.1, -0.05) is 6.07 Å². The summed E-state index contributed by atoms with van der Waals surface area (Å²) in [6.07, 6.45) is 3.63. The second-order valence-electron chi connectivity index (χ2n) is 6.46. The van der Waals surface area contributed by atoms with E-state index in [4.69, 9.17) is 9.05 Å². The van der Waals surface area contributed by atoms with Gasteiger partial charge in [0, 0.05) is 13.1 Å². The van der Waals surface area contributed by atoms with Crippen LogP contribution in [-0.4, -0.2) is 34.2 Å². The molecule has 0 bridgehead atoms. The van der Waals surface area contributed by atoms with Crippen LogP contribution in [-0.2, 0) is 17.9 Å². The van der Waals surface area contributed by atoms with E-state index in [1.807, 2.05) is 30.3 Å². The van der Waals surface area contributed by atoms with Crippen LogP contribution in [0.2, 0.25) is 0 Å². The molecule has 1 aromatic carbocycles. The molecule has 0 aliphatic carbocycles. The Morgan fingerprint density at radius 2 is 2.20 bits per heavy atom. The molecule has 4 rings (SSSR count). The molecule has 25 heavy (non-hydrogen) atoms. The van der Waals surface area contributed by atoms with Crippen LogP contribution >= 0.6 is 0 Å². The van der Waals surface area contributed by atoms with E-state index in [1.54, 1.807) is 6.26 Å². The number of benzene rings is 1. The van der Waals surface area contributed by atoms with Crippen LogP contribution in [0.25, 0.3) is 11.0 Å². The Morgan fingerprint density at radius 1 is 1.28 bits per heavy atom. The summed E-state index contributed by atoms with van der Waals surface area (Å²) in [4.78, 5) is 14.8. The number of aromatic nitrogens is 2. The molecule has 1 unspecified atom stereocenters. The predicted octanol–water partition coefficient (Wildman–Crippen LogP) is 2.34. The van der Waals surface area contributed by atoms with Gasteiger partial charge in [-0.15, -0.1) is 0 Å². The first-order valence-corrected chi connectivity index (χ1v) is 8.51. The first-order valence-electron chi connectivity index (χ1n) is 8.51. The minimum atomic E-state index is 0.0150. The number of furan rings is 1. The predicted molar refractivity (Wildman–Crippen MR) is 90.4 cm³/mol. The Hall–Kier alpha value is -2.67. The molecule has 1 N–H and O–H groups in total. The van der Waals surface area contributed by atoms with Gasteiger partial charge in [0.05, 0.1) is 18.7 Å². The van der Waals surface area contributed by atoms with E-state index >= 15 is 0 Å². The molecule has 1 aliphatic rings. The lowest BCUT2D eigenvalue weighted by molar-refractivity contribution is -0.127. The zero-order chi connectivity index (χ0) is 17.1. The van der Waals surface area contributed by atoms with Gasteiger partial charge < -0.3 is 9.73 Å². The third kappa shape index (κ3) is 3.71. The van der Waals surface area contributed by atoms with Crippen molar-refractivity contribution in [1.29, 1.82) is 0 Å². The molecule has 1 saturated heterocycles. The summed E-state index contributed by atoms with van der Waals surface area (Å²) in [7, 11) is 0. The maximum atomic E-state index is 12.5. The molecule has 130 valence electrons. The molecule has 1 fully saturated rings. The molecule has 0 saturated carbocycles. The minimum absolute atomic E-state index is 0.0150. The Kier molecular flexibility index (Phi) is 4.47. The lowest BCUT2D eigenvalue weighted by Crippen LogP contribution is -2.42. The summed E-state index contributed by atoms with van der Waals surface area (Å²) in [5.41, 5.74) is 2.41. The van der Waals surface area contributed by atoms with E-state index in [2.05, 4.69) is 20.5 Å². The van der Waals surface area contributed by atoms with E-state index < -0.39 is 0 Å². The number of hydrogen-bond donors (Lipinski definition) is 1.